The number of rotatable bonds is 4. The second-order valence-corrected chi connectivity index (χ2v) is 7.19. The van der Waals surface area contributed by atoms with Gasteiger partial charge in [0.25, 0.3) is 5.91 Å². The Labute approximate surface area is 160 Å². The van der Waals surface area contributed by atoms with Crippen LogP contribution >= 0.6 is 0 Å². The number of nitrogens with zero attached hydrogens (tertiary/aromatic N) is 3. The van der Waals surface area contributed by atoms with Gasteiger partial charge in [-0.3, -0.25) is 14.5 Å². The number of hydrogen-bond acceptors (Lipinski definition) is 3. The van der Waals surface area contributed by atoms with Crippen molar-refractivity contribution in [3.8, 4) is 0 Å². The molecular formula is C19H22F3N3O3. The van der Waals surface area contributed by atoms with Crippen LogP contribution in [0.2, 0.25) is 0 Å². The van der Waals surface area contributed by atoms with E-state index in [0.29, 0.717) is 25.9 Å². The molecule has 6 nitrogen and oxygen atoms in total. The Hall–Kier alpha value is -2.58. The van der Waals surface area contributed by atoms with Crippen LogP contribution in [-0.4, -0.2) is 70.9 Å². The average molecular weight is 397 g/mol. The van der Waals surface area contributed by atoms with Crippen molar-refractivity contribution in [2.45, 2.75) is 37.9 Å². The first-order valence-corrected chi connectivity index (χ1v) is 9.19. The topological polar surface area (TPSA) is 60.9 Å². The van der Waals surface area contributed by atoms with Gasteiger partial charge in [0.1, 0.15) is 13.1 Å². The molecule has 2 aliphatic rings. The molecule has 2 fully saturated rings. The Morgan fingerprint density at radius 1 is 1.14 bits per heavy atom. The normalized spacial score (nSPS) is 20.1. The standard InChI is InChI=1S/C19H22F3N3O3/c1-13(14-5-3-2-4-6-14)17(27)23-9-7-15(8-10-23)24-11-16(26)25(18(24)28)12-19(20,21)22/h2-6,13,15H,7-12H2,1H3/t13-/m0/s1. The summed E-state index contributed by atoms with van der Waals surface area (Å²) < 4.78 is 37.7. The van der Waals surface area contributed by atoms with Crippen molar-refractivity contribution in [2.75, 3.05) is 26.2 Å². The number of urea groups is 1. The van der Waals surface area contributed by atoms with Crippen molar-refractivity contribution in [3.63, 3.8) is 0 Å². The third-order valence-corrected chi connectivity index (χ3v) is 5.31. The van der Waals surface area contributed by atoms with E-state index in [4.69, 9.17) is 0 Å². The van der Waals surface area contributed by atoms with Gasteiger partial charge in [-0.25, -0.2) is 4.79 Å². The highest BCUT2D eigenvalue weighted by Gasteiger charge is 2.45. The molecule has 0 unspecified atom stereocenters. The van der Waals surface area contributed by atoms with Crippen LogP contribution in [0.3, 0.4) is 0 Å². The lowest BCUT2D eigenvalue weighted by Crippen LogP contribution is -2.49. The minimum Gasteiger partial charge on any atom is -0.342 e. The molecule has 0 aromatic heterocycles. The first-order valence-electron chi connectivity index (χ1n) is 9.19. The van der Waals surface area contributed by atoms with Crippen LogP contribution in [0, 0.1) is 0 Å². The number of benzene rings is 1. The van der Waals surface area contributed by atoms with Gasteiger partial charge in [0.15, 0.2) is 0 Å². The first-order chi connectivity index (χ1) is 13.2. The molecule has 0 bridgehead atoms. The van der Waals surface area contributed by atoms with Gasteiger partial charge in [0, 0.05) is 19.1 Å². The van der Waals surface area contributed by atoms with Crippen molar-refractivity contribution >= 4 is 17.8 Å². The summed E-state index contributed by atoms with van der Waals surface area (Å²) >= 11 is 0. The van der Waals surface area contributed by atoms with Gasteiger partial charge in [-0.05, 0) is 25.3 Å². The average Bonchev–Trinajstić information content (AvgIpc) is 2.94. The molecule has 1 aromatic rings. The van der Waals surface area contributed by atoms with E-state index in [1.807, 2.05) is 37.3 Å². The highest BCUT2D eigenvalue weighted by atomic mass is 19.4. The molecule has 3 rings (SSSR count). The summed E-state index contributed by atoms with van der Waals surface area (Å²) in [5.74, 6) is -1.15. The number of likely N-dealkylation sites (tertiary alicyclic amines) is 1. The third kappa shape index (κ3) is 4.28. The molecule has 9 heteroatoms. The van der Waals surface area contributed by atoms with Gasteiger partial charge in [0.2, 0.25) is 5.91 Å². The predicted octanol–water partition coefficient (Wildman–Crippen LogP) is 2.61. The van der Waals surface area contributed by atoms with Crippen LogP contribution < -0.4 is 0 Å². The monoisotopic (exact) mass is 397 g/mol. The second kappa shape index (κ2) is 7.81. The van der Waals surface area contributed by atoms with Crippen molar-refractivity contribution in [1.29, 1.82) is 0 Å². The molecule has 1 atom stereocenters. The molecule has 0 aliphatic carbocycles. The molecule has 4 amide bonds. The summed E-state index contributed by atoms with van der Waals surface area (Å²) in [4.78, 5) is 40.0. The van der Waals surface area contributed by atoms with Crippen molar-refractivity contribution in [2.24, 2.45) is 0 Å². The minimum atomic E-state index is -4.62. The van der Waals surface area contributed by atoms with Crippen molar-refractivity contribution in [3.05, 3.63) is 35.9 Å². The summed E-state index contributed by atoms with van der Waals surface area (Å²) in [7, 11) is 0. The maximum atomic E-state index is 12.7. The molecule has 2 heterocycles. The molecule has 152 valence electrons. The zero-order valence-electron chi connectivity index (χ0n) is 15.5. The number of imide groups is 1. The highest BCUT2D eigenvalue weighted by Crippen LogP contribution is 2.27. The number of carbonyl (C=O) groups is 3. The Morgan fingerprint density at radius 3 is 2.32 bits per heavy atom. The molecule has 0 saturated carbocycles. The predicted molar refractivity (Wildman–Crippen MR) is 94.3 cm³/mol. The first kappa shape index (κ1) is 20.2. The van der Waals surface area contributed by atoms with Crippen LogP contribution in [0.5, 0.6) is 0 Å². The smallest absolute Gasteiger partial charge is 0.342 e. The number of carbonyl (C=O) groups excluding carboxylic acids is 3. The fraction of sp³-hybridized carbons (Fsp3) is 0.526. The molecule has 28 heavy (non-hydrogen) atoms. The van der Waals surface area contributed by atoms with E-state index in [1.165, 1.54) is 4.90 Å². The van der Waals surface area contributed by atoms with Gasteiger partial charge in [-0.1, -0.05) is 30.3 Å². The lowest BCUT2D eigenvalue weighted by Gasteiger charge is -2.37. The van der Waals surface area contributed by atoms with Gasteiger partial charge < -0.3 is 9.80 Å². The van der Waals surface area contributed by atoms with Crippen LogP contribution in [0.1, 0.15) is 31.2 Å². The maximum absolute atomic E-state index is 12.7. The SMILES string of the molecule is C[C@H](C(=O)N1CCC(N2CC(=O)N(CC(F)(F)F)C2=O)CC1)c1ccccc1. The molecule has 0 N–H and O–H groups in total. The van der Waals surface area contributed by atoms with Gasteiger partial charge in [0.05, 0.1) is 5.92 Å². The number of alkyl halides is 3. The fourth-order valence-corrected chi connectivity index (χ4v) is 3.74. The van der Waals surface area contributed by atoms with Crippen molar-refractivity contribution < 1.29 is 27.6 Å². The van der Waals surface area contributed by atoms with Gasteiger partial charge >= 0.3 is 12.2 Å². The summed E-state index contributed by atoms with van der Waals surface area (Å²) in [6, 6.07) is 8.15. The Bertz CT molecular complexity index is 746. The third-order valence-electron chi connectivity index (χ3n) is 5.31. The zero-order chi connectivity index (χ0) is 20.5. The van der Waals surface area contributed by atoms with Crippen LogP contribution in [-0.2, 0) is 9.59 Å². The molecule has 0 spiro atoms. The Morgan fingerprint density at radius 2 is 1.75 bits per heavy atom. The van der Waals surface area contributed by atoms with E-state index < -0.39 is 24.7 Å². The van der Waals surface area contributed by atoms with Gasteiger partial charge in [-0.2, -0.15) is 13.2 Å². The van der Waals surface area contributed by atoms with Crippen molar-refractivity contribution in [1.82, 2.24) is 14.7 Å². The molecular weight excluding hydrogens is 375 g/mol. The zero-order valence-corrected chi connectivity index (χ0v) is 15.5. The van der Waals surface area contributed by atoms with Crippen LogP contribution in [0.4, 0.5) is 18.0 Å². The van der Waals surface area contributed by atoms with Gasteiger partial charge in [-0.15, -0.1) is 0 Å². The quantitative estimate of drug-likeness (QED) is 0.734. The molecule has 2 saturated heterocycles. The number of halogens is 3. The minimum absolute atomic E-state index is 0.0211. The maximum Gasteiger partial charge on any atom is 0.406 e. The fourth-order valence-electron chi connectivity index (χ4n) is 3.74. The summed E-state index contributed by atoms with van der Waals surface area (Å²) in [5, 5.41) is 0. The molecule has 1 aromatic carbocycles. The van der Waals surface area contributed by atoms with Crippen LogP contribution in [0.15, 0.2) is 30.3 Å². The summed E-state index contributed by atoms with van der Waals surface area (Å²) in [5.41, 5.74) is 0.915. The summed E-state index contributed by atoms with van der Waals surface area (Å²) in [6.45, 7) is 0.734. The Balaban J connectivity index is 1.57. The van der Waals surface area contributed by atoms with Crippen LogP contribution in [0.25, 0.3) is 0 Å². The van der Waals surface area contributed by atoms with E-state index in [0.717, 1.165) is 5.56 Å². The van der Waals surface area contributed by atoms with E-state index in [1.54, 1.807) is 4.90 Å². The second-order valence-electron chi connectivity index (χ2n) is 7.19. The van der Waals surface area contributed by atoms with E-state index in [2.05, 4.69) is 0 Å². The number of hydrogen-bond donors (Lipinski definition) is 0. The molecule has 0 radical (unpaired) electrons. The molecule has 2 aliphatic heterocycles. The van der Waals surface area contributed by atoms with E-state index in [-0.39, 0.29) is 29.3 Å². The Kier molecular flexibility index (Phi) is 5.62. The summed E-state index contributed by atoms with van der Waals surface area (Å²) in [6.07, 6.45) is -3.75. The van der Waals surface area contributed by atoms with E-state index in [9.17, 15) is 27.6 Å². The number of piperidine rings is 1. The lowest BCUT2D eigenvalue weighted by molar-refractivity contribution is -0.151. The number of amides is 4. The highest BCUT2D eigenvalue weighted by molar-refractivity contribution is 6.02. The van der Waals surface area contributed by atoms with E-state index >= 15 is 0 Å². The lowest BCUT2D eigenvalue weighted by atomic mass is 9.97. The largest absolute Gasteiger partial charge is 0.406 e.